The molecular formula is C26H26N4O3S. The number of nitrogens with one attached hydrogen (secondary N) is 1. The van der Waals surface area contributed by atoms with Crippen molar-refractivity contribution in [3.05, 3.63) is 76.7 Å². The molecule has 1 aliphatic heterocycles. The van der Waals surface area contributed by atoms with E-state index in [1.54, 1.807) is 22.9 Å². The summed E-state index contributed by atoms with van der Waals surface area (Å²) in [5.74, 6) is 0.0264. The first-order valence-electron chi connectivity index (χ1n) is 11.5. The zero-order valence-corrected chi connectivity index (χ0v) is 19.8. The van der Waals surface area contributed by atoms with Crippen LogP contribution in [0.2, 0.25) is 0 Å². The Labute approximate surface area is 201 Å². The first-order chi connectivity index (χ1) is 16.6. The van der Waals surface area contributed by atoms with Crippen LogP contribution in [-0.4, -0.2) is 38.9 Å². The van der Waals surface area contributed by atoms with Gasteiger partial charge >= 0.3 is 0 Å². The summed E-state index contributed by atoms with van der Waals surface area (Å²) in [4.78, 5) is 34.8. The van der Waals surface area contributed by atoms with Crippen molar-refractivity contribution in [3.8, 4) is 0 Å². The van der Waals surface area contributed by atoms with Crippen molar-refractivity contribution >= 4 is 39.5 Å². The van der Waals surface area contributed by atoms with Crippen molar-refractivity contribution in [1.29, 1.82) is 0 Å². The standard InChI is InChI=1S/C26H26N4O3S/c1-17(19-11-10-18-6-2-3-7-20(18)14-19)28-23(31)16-34-26-29-24-22(9-4-12-27-24)25(32)30(26)15-21-8-5-13-33-21/h2-4,6-7,9-12,14,17,21H,5,8,13,15-16H2,1H3,(H,28,31). The molecule has 8 heteroatoms. The van der Waals surface area contributed by atoms with Crippen LogP contribution in [0.4, 0.5) is 0 Å². The number of amides is 1. The number of benzene rings is 2. The first-order valence-corrected chi connectivity index (χ1v) is 12.4. The lowest BCUT2D eigenvalue weighted by Gasteiger charge is -2.17. The number of pyridine rings is 1. The molecule has 5 rings (SSSR count). The number of carbonyl (C=O) groups excluding carboxylic acids is 1. The Morgan fingerprint density at radius 2 is 2.06 bits per heavy atom. The molecule has 0 saturated carbocycles. The van der Waals surface area contributed by atoms with Crippen molar-refractivity contribution in [1.82, 2.24) is 19.9 Å². The number of aromatic nitrogens is 3. The predicted molar refractivity (Wildman–Crippen MR) is 134 cm³/mol. The lowest BCUT2D eigenvalue weighted by Crippen LogP contribution is -2.31. The fourth-order valence-corrected chi connectivity index (χ4v) is 5.08. The third-order valence-corrected chi connectivity index (χ3v) is 7.06. The normalized spacial score (nSPS) is 16.7. The lowest BCUT2D eigenvalue weighted by atomic mass is 10.0. The van der Waals surface area contributed by atoms with Gasteiger partial charge in [-0.2, -0.15) is 0 Å². The molecule has 4 aromatic rings. The predicted octanol–water partition coefficient (Wildman–Crippen LogP) is 4.09. The molecule has 0 bridgehead atoms. The third-order valence-electron chi connectivity index (χ3n) is 6.09. The Morgan fingerprint density at radius 3 is 2.88 bits per heavy atom. The molecule has 2 atom stereocenters. The largest absolute Gasteiger partial charge is 0.376 e. The van der Waals surface area contributed by atoms with E-state index in [0.717, 1.165) is 23.8 Å². The third kappa shape index (κ3) is 4.83. The van der Waals surface area contributed by atoms with Gasteiger partial charge in [-0.3, -0.25) is 14.2 Å². The molecule has 1 aliphatic rings. The van der Waals surface area contributed by atoms with Gasteiger partial charge in [0.05, 0.1) is 29.8 Å². The molecule has 0 spiro atoms. The van der Waals surface area contributed by atoms with Gasteiger partial charge in [-0.15, -0.1) is 0 Å². The minimum Gasteiger partial charge on any atom is -0.376 e. The number of thioether (sulfide) groups is 1. The summed E-state index contributed by atoms with van der Waals surface area (Å²) >= 11 is 1.25. The highest BCUT2D eigenvalue weighted by Gasteiger charge is 2.21. The Bertz CT molecular complexity index is 1400. The van der Waals surface area contributed by atoms with Crippen molar-refractivity contribution in [3.63, 3.8) is 0 Å². The van der Waals surface area contributed by atoms with Gasteiger partial charge in [-0.1, -0.05) is 48.2 Å². The molecule has 2 unspecified atom stereocenters. The second-order valence-electron chi connectivity index (χ2n) is 8.50. The molecule has 3 heterocycles. The summed E-state index contributed by atoms with van der Waals surface area (Å²) < 4.78 is 7.37. The van der Waals surface area contributed by atoms with Crippen molar-refractivity contribution < 1.29 is 9.53 Å². The van der Waals surface area contributed by atoms with Gasteiger partial charge in [0.2, 0.25) is 5.91 Å². The maximum absolute atomic E-state index is 13.2. The number of hydrogen-bond donors (Lipinski definition) is 1. The zero-order valence-electron chi connectivity index (χ0n) is 18.9. The SMILES string of the molecule is CC(NC(=O)CSc1nc2ncccc2c(=O)n1CC1CCCO1)c1ccc2ccccc2c1. The molecule has 2 aromatic heterocycles. The highest BCUT2D eigenvalue weighted by atomic mass is 32.2. The Hall–Kier alpha value is -3.23. The van der Waals surface area contributed by atoms with Gasteiger partial charge in [0.25, 0.3) is 5.56 Å². The van der Waals surface area contributed by atoms with Crippen molar-refractivity contribution in [2.45, 2.75) is 43.6 Å². The summed E-state index contributed by atoms with van der Waals surface area (Å²) in [6.45, 7) is 3.10. The van der Waals surface area contributed by atoms with E-state index in [2.05, 4.69) is 39.6 Å². The van der Waals surface area contributed by atoms with Gasteiger partial charge < -0.3 is 10.1 Å². The first kappa shape index (κ1) is 22.6. The molecule has 7 nitrogen and oxygen atoms in total. The molecule has 0 aliphatic carbocycles. The highest BCUT2D eigenvalue weighted by molar-refractivity contribution is 7.99. The minimum atomic E-state index is -0.152. The van der Waals surface area contributed by atoms with Gasteiger partial charge in [-0.25, -0.2) is 9.97 Å². The highest BCUT2D eigenvalue weighted by Crippen LogP contribution is 2.22. The maximum atomic E-state index is 13.2. The van der Waals surface area contributed by atoms with Crippen LogP contribution in [0.1, 0.15) is 31.4 Å². The van der Waals surface area contributed by atoms with Gasteiger partial charge in [-0.05, 0) is 54.3 Å². The molecule has 2 aromatic carbocycles. The Kier molecular flexibility index (Phi) is 6.60. The average Bonchev–Trinajstić information content (AvgIpc) is 3.38. The van der Waals surface area contributed by atoms with E-state index in [-0.39, 0.29) is 29.4 Å². The fourth-order valence-electron chi connectivity index (χ4n) is 4.27. The second-order valence-corrected chi connectivity index (χ2v) is 9.45. The van der Waals surface area contributed by atoms with E-state index >= 15 is 0 Å². The Morgan fingerprint density at radius 1 is 1.21 bits per heavy atom. The molecule has 174 valence electrons. The van der Waals surface area contributed by atoms with Crippen LogP contribution in [0.15, 0.2) is 70.7 Å². The van der Waals surface area contributed by atoms with Crippen LogP contribution in [0.3, 0.4) is 0 Å². The van der Waals surface area contributed by atoms with Gasteiger partial charge in [0, 0.05) is 12.8 Å². The van der Waals surface area contributed by atoms with Crippen molar-refractivity contribution in [2.24, 2.45) is 0 Å². The van der Waals surface area contributed by atoms with Crippen LogP contribution in [-0.2, 0) is 16.1 Å². The summed E-state index contributed by atoms with van der Waals surface area (Å²) in [5, 5.41) is 6.33. The van der Waals surface area contributed by atoms with Crippen molar-refractivity contribution in [2.75, 3.05) is 12.4 Å². The van der Waals surface area contributed by atoms with E-state index < -0.39 is 0 Å². The van der Waals surface area contributed by atoms with Gasteiger partial charge in [0.15, 0.2) is 10.8 Å². The van der Waals surface area contributed by atoms with E-state index in [1.807, 2.05) is 25.1 Å². The lowest BCUT2D eigenvalue weighted by molar-refractivity contribution is -0.119. The molecule has 1 N–H and O–H groups in total. The quantitative estimate of drug-likeness (QED) is 0.321. The molecule has 1 saturated heterocycles. The topological polar surface area (TPSA) is 86.1 Å². The number of fused-ring (bicyclic) bond motifs is 2. The Balaban J connectivity index is 1.32. The van der Waals surface area contributed by atoms with Crippen LogP contribution in [0, 0.1) is 0 Å². The van der Waals surface area contributed by atoms with E-state index in [4.69, 9.17) is 4.74 Å². The number of rotatable bonds is 7. The maximum Gasteiger partial charge on any atom is 0.263 e. The van der Waals surface area contributed by atoms with E-state index in [0.29, 0.717) is 29.3 Å². The summed E-state index contributed by atoms with van der Waals surface area (Å²) in [7, 11) is 0. The number of nitrogens with zero attached hydrogens (tertiary/aromatic N) is 3. The van der Waals surface area contributed by atoms with E-state index in [9.17, 15) is 9.59 Å². The summed E-state index contributed by atoms with van der Waals surface area (Å²) in [6, 6.07) is 17.7. The zero-order chi connectivity index (χ0) is 23.5. The average molecular weight is 475 g/mol. The number of carbonyl (C=O) groups is 1. The number of hydrogen-bond acceptors (Lipinski definition) is 6. The molecule has 1 amide bonds. The molecule has 34 heavy (non-hydrogen) atoms. The second kappa shape index (κ2) is 9.95. The monoisotopic (exact) mass is 474 g/mol. The fraction of sp³-hybridized carbons (Fsp3) is 0.308. The van der Waals surface area contributed by atoms with Gasteiger partial charge in [0.1, 0.15) is 0 Å². The van der Waals surface area contributed by atoms with Crippen LogP contribution in [0.5, 0.6) is 0 Å². The summed E-state index contributed by atoms with van der Waals surface area (Å²) in [6.07, 6.45) is 3.49. The molecular weight excluding hydrogens is 448 g/mol. The van der Waals surface area contributed by atoms with Crippen LogP contribution >= 0.6 is 11.8 Å². The van der Waals surface area contributed by atoms with Crippen LogP contribution in [0.25, 0.3) is 21.8 Å². The minimum absolute atomic E-state index is 0.0188. The van der Waals surface area contributed by atoms with Crippen LogP contribution < -0.4 is 10.9 Å². The molecule has 1 fully saturated rings. The summed E-state index contributed by atoms with van der Waals surface area (Å²) in [5.41, 5.74) is 1.28. The number of ether oxygens (including phenoxy) is 1. The molecule has 0 radical (unpaired) electrons. The smallest absolute Gasteiger partial charge is 0.263 e. The van der Waals surface area contributed by atoms with E-state index in [1.165, 1.54) is 17.1 Å².